The zero-order valence-corrected chi connectivity index (χ0v) is 13.6. The highest BCUT2D eigenvalue weighted by molar-refractivity contribution is 14.1. The van der Waals surface area contributed by atoms with Gasteiger partial charge in [-0.05, 0) is 23.3 Å². The van der Waals surface area contributed by atoms with Crippen LogP contribution in [0.5, 0.6) is 0 Å². The molecule has 3 rings (SSSR count). The van der Waals surface area contributed by atoms with Crippen LogP contribution in [-0.2, 0) is 11.1 Å². The lowest BCUT2D eigenvalue weighted by Gasteiger charge is -2.22. The number of benzene rings is 2. The van der Waals surface area contributed by atoms with E-state index in [1.54, 1.807) is 7.37 Å². The molecular weight excluding hydrogens is 368 g/mol. The van der Waals surface area contributed by atoms with Crippen LogP contribution in [0.25, 0.3) is 0 Å². The van der Waals surface area contributed by atoms with E-state index in [-0.39, 0.29) is 6.10 Å². The third-order valence-electron chi connectivity index (χ3n) is 3.46. The standard InChI is InChI=1S/C16H11B3IO/c20-18-17-19-21-16-11-14-7-2-1-5-12(14)9-10-13-6-3-4-8-15(13)16/h1-8,16H,11H2. The molecule has 2 aromatic rings. The van der Waals surface area contributed by atoms with E-state index in [1.165, 1.54) is 5.56 Å². The topological polar surface area (TPSA) is 9.23 Å². The van der Waals surface area contributed by atoms with Crippen LogP contribution < -0.4 is 0 Å². The summed E-state index contributed by atoms with van der Waals surface area (Å²) in [4.78, 5) is 0. The molecular formula is C16H11B3IO. The molecule has 0 bridgehead atoms. The first-order chi connectivity index (χ1) is 10.4. The summed E-state index contributed by atoms with van der Waals surface area (Å²) in [6.45, 7) is 0. The van der Waals surface area contributed by atoms with E-state index < -0.39 is 0 Å². The monoisotopic (exact) mass is 379 g/mol. The van der Waals surface area contributed by atoms with Crippen LogP contribution in [-0.4, -0.2) is 19.5 Å². The minimum atomic E-state index is -0.00968. The van der Waals surface area contributed by atoms with E-state index in [9.17, 15) is 0 Å². The SMILES string of the molecule is I[B][B][B]OC1Cc2ccccc2C#Cc2ccccc21. The summed E-state index contributed by atoms with van der Waals surface area (Å²) in [6, 6.07) is 16.5. The average molecular weight is 379 g/mol. The molecule has 1 atom stereocenters. The fraction of sp³-hybridized carbons (Fsp3) is 0.125. The van der Waals surface area contributed by atoms with Gasteiger partial charge in [-0.15, -0.1) is 0 Å². The summed E-state index contributed by atoms with van der Waals surface area (Å²) in [5.41, 5.74) is 4.52. The van der Waals surface area contributed by atoms with Crippen LogP contribution in [0.3, 0.4) is 0 Å². The smallest absolute Gasteiger partial charge is 0.233 e. The van der Waals surface area contributed by atoms with Gasteiger partial charge in [-0.1, -0.05) is 48.2 Å². The third-order valence-corrected chi connectivity index (χ3v) is 3.87. The van der Waals surface area contributed by atoms with E-state index in [1.807, 2.05) is 30.3 Å². The quantitative estimate of drug-likeness (QED) is 0.344. The third kappa shape index (κ3) is 3.56. The molecule has 0 aromatic heterocycles. The maximum atomic E-state index is 5.96. The summed E-state index contributed by atoms with van der Waals surface area (Å²) >= 11 is 2.18. The van der Waals surface area contributed by atoms with Gasteiger partial charge in [0.25, 0.3) is 0 Å². The molecule has 0 saturated carbocycles. The van der Waals surface area contributed by atoms with Gasteiger partial charge in [0.1, 0.15) is 5.03 Å². The molecule has 0 aliphatic heterocycles. The van der Waals surface area contributed by atoms with Gasteiger partial charge in [-0.25, -0.2) is 0 Å². The van der Waals surface area contributed by atoms with Gasteiger partial charge in [0, 0.05) is 17.5 Å². The lowest BCUT2D eigenvalue weighted by atomic mass is 9.35. The van der Waals surface area contributed by atoms with Gasteiger partial charge in [0.15, 0.2) is 0 Å². The molecule has 0 N–H and O–H groups in total. The van der Waals surface area contributed by atoms with E-state index in [2.05, 4.69) is 64.5 Å². The van der Waals surface area contributed by atoms with Crippen LogP contribution in [0.4, 0.5) is 0 Å². The lowest BCUT2D eigenvalue weighted by molar-refractivity contribution is 0.223. The van der Waals surface area contributed by atoms with E-state index in [0.29, 0.717) is 0 Å². The summed E-state index contributed by atoms with van der Waals surface area (Å²) in [5.74, 6) is 6.56. The molecule has 2 aromatic carbocycles. The van der Waals surface area contributed by atoms with Crippen molar-refractivity contribution >= 4 is 41.8 Å². The van der Waals surface area contributed by atoms with Crippen LogP contribution in [0.1, 0.15) is 28.4 Å². The van der Waals surface area contributed by atoms with Crippen molar-refractivity contribution < 1.29 is 4.65 Å². The Bertz CT molecular complexity index is 693. The Morgan fingerprint density at radius 2 is 1.71 bits per heavy atom. The second-order valence-electron chi connectivity index (χ2n) is 4.78. The van der Waals surface area contributed by atoms with Gasteiger partial charge >= 0.3 is 0 Å². The number of halogens is 1. The fourth-order valence-electron chi connectivity index (χ4n) is 2.45. The highest BCUT2D eigenvalue weighted by atomic mass is 127. The molecule has 1 nitrogen and oxygen atoms in total. The molecule has 21 heavy (non-hydrogen) atoms. The van der Waals surface area contributed by atoms with Crippen LogP contribution in [0.2, 0.25) is 0 Å². The molecule has 97 valence electrons. The highest BCUT2D eigenvalue weighted by Gasteiger charge is 2.18. The van der Waals surface area contributed by atoms with Crippen molar-refractivity contribution in [2.75, 3.05) is 0 Å². The molecule has 1 aliphatic carbocycles. The van der Waals surface area contributed by atoms with Gasteiger partial charge in [-0.3, -0.25) is 0 Å². The van der Waals surface area contributed by atoms with Crippen molar-refractivity contribution in [2.45, 2.75) is 12.5 Å². The van der Waals surface area contributed by atoms with Crippen molar-refractivity contribution in [3.63, 3.8) is 0 Å². The summed E-state index contributed by atoms with van der Waals surface area (Å²) in [5, 5.41) is 1.93. The summed E-state index contributed by atoms with van der Waals surface area (Å²) in [7, 11) is 3.66. The van der Waals surface area contributed by atoms with Crippen LogP contribution in [0.15, 0.2) is 48.5 Å². The Morgan fingerprint density at radius 3 is 2.57 bits per heavy atom. The first kappa shape index (κ1) is 14.8. The van der Waals surface area contributed by atoms with Crippen molar-refractivity contribution in [1.82, 2.24) is 0 Å². The van der Waals surface area contributed by atoms with Crippen molar-refractivity contribution in [2.24, 2.45) is 0 Å². The zero-order chi connectivity index (χ0) is 14.5. The molecule has 0 fully saturated rings. The molecule has 0 amide bonds. The summed E-state index contributed by atoms with van der Waals surface area (Å²) in [6.07, 6.45) is 0.817. The molecule has 0 saturated heterocycles. The number of hydrogen-bond donors (Lipinski definition) is 0. The maximum absolute atomic E-state index is 5.96. The van der Waals surface area contributed by atoms with Gasteiger partial charge in [0.05, 0.1) is 13.2 Å². The van der Waals surface area contributed by atoms with E-state index >= 15 is 0 Å². The van der Waals surface area contributed by atoms with Crippen molar-refractivity contribution in [3.05, 3.63) is 70.8 Å². The van der Waals surface area contributed by atoms with Crippen LogP contribution in [0, 0.1) is 11.8 Å². The normalized spacial score (nSPS) is 15.4. The molecule has 1 unspecified atom stereocenters. The highest BCUT2D eigenvalue weighted by Crippen LogP contribution is 2.27. The van der Waals surface area contributed by atoms with E-state index in [0.717, 1.165) is 23.1 Å². The lowest BCUT2D eigenvalue weighted by Crippen LogP contribution is -2.19. The van der Waals surface area contributed by atoms with Gasteiger partial charge < -0.3 is 4.65 Å². The molecule has 0 heterocycles. The predicted octanol–water partition coefficient (Wildman–Crippen LogP) is 2.91. The molecule has 0 spiro atoms. The molecule has 1 aliphatic rings. The van der Waals surface area contributed by atoms with Gasteiger partial charge in [-0.2, -0.15) is 22.4 Å². The largest absolute Gasteiger partial charge is 0.445 e. The minimum Gasteiger partial charge on any atom is -0.445 e. The van der Waals surface area contributed by atoms with Crippen molar-refractivity contribution in [3.8, 4) is 11.8 Å². The molecule has 5 heteroatoms. The first-order valence-corrected chi connectivity index (χ1v) is 8.06. The predicted molar refractivity (Wildman–Crippen MR) is 97.7 cm³/mol. The van der Waals surface area contributed by atoms with Gasteiger partial charge in [0.2, 0.25) is 7.37 Å². The Balaban J connectivity index is 1.99. The Kier molecular flexibility index (Phi) is 5.10. The first-order valence-electron chi connectivity index (χ1n) is 6.81. The maximum Gasteiger partial charge on any atom is 0.233 e. The fourth-order valence-corrected chi connectivity index (χ4v) is 2.62. The van der Waals surface area contributed by atoms with Crippen LogP contribution >= 0.6 is 22.4 Å². The zero-order valence-electron chi connectivity index (χ0n) is 11.4. The Labute approximate surface area is 141 Å². The number of fused-ring (bicyclic) bond motifs is 2. The summed E-state index contributed by atoms with van der Waals surface area (Å²) < 4.78 is 5.96. The Hall–Kier alpha value is -1.12. The minimum absolute atomic E-state index is 0.00968. The van der Waals surface area contributed by atoms with Crippen molar-refractivity contribution in [1.29, 1.82) is 0 Å². The number of hydrogen-bond acceptors (Lipinski definition) is 1. The Morgan fingerprint density at radius 1 is 1.00 bits per heavy atom. The second-order valence-corrected chi connectivity index (χ2v) is 5.50. The second kappa shape index (κ2) is 7.24. The van der Waals surface area contributed by atoms with E-state index in [4.69, 9.17) is 4.65 Å². The average Bonchev–Trinajstić information content (AvgIpc) is 2.51. The number of rotatable bonds is 4. The molecule has 3 radical (unpaired) electrons.